The van der Waals surface area contributed by atoms with Crippen LogP contribution in [0.15, 0.2) is 36.4 Å². The van der Waals surface area contributed by atoms with E-state index in [4.69, 9.17) is 22.4 Å². The Morgan fingerprint density at radius 1 is 1.38 bits per heavy atom. The Bertz CT molecular complexity index is 691. The molecule has 0 radical (unpaired) electrons. The van der Waals surface area contributed by atoms with E-state index in [1.54, 1.807) is 18.0 Å². The van der Waals surface area contributed by atoms with Gasteiger partial charge in [-0.15, -0.1) is 0 Å². The van der Waals surface area contributed by atoms with Gasteiger partial charge in [-0.05, 0) is 17.7 Å². The number of hydrogen-bond donors (Lipinski definition) is 2. The average molecular weight is 309 g/mol. The molecule has 0 saturated carbocycles. The molecule has 0 heterocycles. The molecule has 21 heavy (non-hydrogen) atoms. The maximum Gasteiger partial charge on any atom is 0.338 e. The van der Waals surface area contributed by atoms with Crippen LogP contribution in [0.25, 0.3) is 0 Å². The molecule has 0 aliphatic heterocycles. The molecule has 0 unspecified atom stereocenters. The highest BCUT2D eigenvalue weighted by molar-refractivity contribution is 6.31. The SMILES string of the molecule is CN(Cc1ccccc1Cl)c1cc(F)c(C(=O)O)cc1N. The van der Waals surface area contributed by atoms with E-state index in [1.165, 1.54) is 0 Å². The van der Waals surface area contributed by atoms with Crippen LogP contribution in [0.1, 0.15) is 15.9 Å². The van der Waals surface area contributed by atoms with Crippen molar-refractivity contribution < 1.29 is 14.3 Å². The zero-order valence-corrected chi connectivity index (χ0v) is 12.1. The Kier molecular flexibility index (Phi) is 4.33. The first-order valence-electron chi connectivity index (χ1n) is 6.17. The van der Waals surface area contributed by atoms with Gasteiger partial charge in [-0.25, -0.2) is 9.18 Å². The van der Waals surface area contributed by atoms with Gasteiger partial charge in [-0.1, -0.05) is 29.8 Å². The Labute approximate surface area is 126 Å². The summed E-state index contributed by atoms with van der Waals surface area (Å²) in [5, 5.41) is 9.47. The van der Waals surface area contributed by atoms with Crippen molar-refractivity contribution in [1.82, 2.24) is 0 Å². The summed E-state index contributed by atoms with van der Waals surface area (Å²) in [7, 11) is 1.73. The molecule has 2 aromatic carbocycles. The molecule has 0 aromatic heterocycles. The van der Waals surface area contributed by atoms with Gasteiger partial charge in [0, 0.05) is 24.7 Å². The fraction of sp³-hybridized carbons (Fsp3) is 0.133. The molecule has 0 bridgehead atoms. The van der Waals surface area contributed by atoms with Crippen LogP contribution < -0.4 is 10.6 Å². The van der Waals surface area contributed by atoms with Crippen molar-refractivity contribution in [3.8, 4) is 0 Å². The summed E-state index contributed by atoms with van der Waals surface area (Å²) in [6.07, 6.45) is 0. The standard InChI is InChI=1S/C15H14ClFN2O2/c1-19(8-9-4-2-3-5-11(9)16)14-7-12(17)10(15(20)21)6-13(14)18/h2-7H,8,18H2,1H3,(H,20,21). The topological polar surface area (TPSA) is 66.6 Å². The molecule has 0 saturated heterocycles. The number of benzene rings is 2. The van der Waals surface area contributed by atoms with Crippen molar-refractivity contribution in [2.24, 2.45) is 0 Å². The quantitative estimate of drug-likeness (QED) is 0.850. The number of anilines is 2. The van der Waals surface area contributed by atoms with E-state index in [1.807, 2.05) is 18.2 Å². The van der Waals surface area contributed by atoms with Crippen molar-refractivity contribution in [2.75, 3.05) is 17.7 Å². The number of hydrogen-bond acceptors (Lipinski definition) is 3. The van der Waals surface area contributed by atoms with Gasteiger partial charge in [0.25, 0.3) is 0 Å². The molecular formula is C15H14ClFN2O2. The maximum absolute atomic E-state index is 13.8. The van der Waals surface area contributed by atoms with Gasteiger partial charge in [0.1, 0.15) is 5.82 Å². The Hall–Kier alpha value is -2.27. The fourth-order valence-electron chi connectivity index (χ4n) is 2.04. The van der Waals surface area contributed by atoms with E-state index < -0.39 is 17.3 Å². The van der Waals surface area contributed by atoms with Gasteiger partial charge in [0.15, 0.2) is 0 Å². The van der Waals surface area contributed by atoms with Gasteiger partial charge in [-0.2, -0.15) is 0 Å². The van der Waals surface area contributed by atoms with Crippen molar-refractivity contribution in [1.29, 1.82) is 0 Å². The molecule has 0 fully saturated rings. The number of nitrogens with two attached hydrogens (primary N) is 1. The molecule has 6 heteroatoms. The van der Waals surface area contributed by atoms with Gasteiger partial charge in [-0.3, -0.25) is 0 Å². The Balaban J connectivity index is 2.32. The summed E-state index contributed by atoms with van der Waals surface area (Å²) in [6, 6.07) is 9.54. The monoisotopic (exact) mass is 308 g/mol. The van der Waals surface area contributed by atoms with Crippen molar-refractivity contribution in [3.05, 3.63) is 58.4 Å². The van der Waals surface area contributed by atoms with Crippen LogP contribution in [0, 0.1) is 5.82 Å². The highest BCUT2D eigenvalue weighted by Crippen LogP contribution is 2.28. The molecular weight excluding hydrogens is 295 g/mol. The summed E-state index contributed by atoms with van der Waals surface area (Å²) < 4.78 is 13.8. The van der Waals surface area contributed by atoms with Crippen molar-refractivity contribution in [2.45, 2.75) is 6.54 Å². The number of halogens is 2. The van der Waals surface area contributed by atoms with Crippen LogP contribution in [0.4, 0.5) is 15.8 Å². The minimum Gasteiger partial charge on any atom is -0.478 e. The van der Waals surface area contributed by atoms with Gasteiger partial charge < -0.3 is 15.7 Å². The first-order valence-corrected chi connectivity index (χ1v) is 6.54. The number of rotatable bonds is 4. The van der Waals surface area contributed by atoms with E-state index in [0.29, 0.717) is 17.3 Å². The normalized spacial score (nSPS) is 10.4. The van der Waals surface area contributed by atoms with Crippen LogP contribution in [-0.4, -0.2) is 18.1 Å². The second-order valence-electron chi connectivity index (χ2n) is 4.64. The van der Waals surface area contributed by atoms with Crippen LogP contribution in [-0.2, 0) is 6.54 Å². The zero-order valence-electron chi connectivity index (χ0n) is 11.3. The molecule has 110 valence electrons. The lowest BCUT2D eigenvalue weighted by atomic mass is 10.1. The average Bonchev–Trinajstić information content (AvgIpc) is 2.43. The summed E-state index contributed by atoms with van der Waals surface area (Å²) >= 11 is 6.08. The third-order valence-electron chi connectivity index (χ3n) is 3.12. The molecule has 2 rings (SSSR count). The van der Waals surface area contributed by atoms with Crippen LogP contribution in [0.5, 0.6) is 0 Å². The largest absolute Gasteiger partial charge is 0.478 e. The summed E-state index contributed by atoms with van der Waals surface area (Å²) in [5.74, 6) is -2.17. The van der Waals surface area contributed by atoms with Crippen LogP contribution in [0.3, 0.4) is 0 Å². The lowest BCUT2D eigenvalue weighted by Crippen LogP contribution is -2.19. The van der Waals surface area contributed by atoms with Gasteiger partial charge in [0.2, 0.25) is 0 Å². The van der Waals surface area contributed by atoms with E-state index in [9.17, 15) is 9.18 Å². The number of nitrogens with zero attached hydrogens (tertiary/aromatic N) is 1. The number of carboxylic acid groups (broad SMARTS) is 1. The molecule has 0 atom stereocenters. The number of carboxylic acids is 1. The lowest BCUT2D eigenvalue weighted by molar-refractivity contribution is 0.0692. The predicted octanol–water partition coefficient (Wildman–Crippen LogP) is 3.40. The molecule has 2 aromatic rings. The highest BCUT2D eigenvalue weighted by atomic mass is 35.5. The third-order valence-corrected chi connectivity index (χ3v) is 3.49. The fourth-order valence-corrected chi connectivity index (χ4v) is 2.24. The minimum atomic E-state index is -1.35. The second kappa shape index (κ2) is 6.01. The molecule has 3 N–H and O–H groups in total. The van der Waals surface area contributed by atoms with E-state index >= 15 is 0 Å². The highest BCUT2D eigenvalue weighted by Gasteiger charge is 2.16. The number of nitrogen functional groups attached to an aromatic ring is 1. The minimum absolute atomic E-state index is 0.198. The smallest absolute Gasteiger partial charge is 0.338 e. The maximum atomic E-state index is 13.8. The zero-order chi connectivity index (χ0) is 15.6. The molecule has 4 nitrogen and oxygen atoms in total. The Morgan fingerprint density at radius 3 is 2.67 bits per heavy atom. The van der Waals surface area contributed by atoms with Crippen molar-refractivity contribution >= 4 is 28.9 Å². The predicted molar refractivity (Wildman–Crippen MR) is 81.3 cm³/mol. The molecule has 0 spiro atoms. The van der Waals surface area contributed by atoms with Gasteiger partial charge >= 0.3 is 5.97 Å². The first-order chi connectivity index (χ1) is 9.90. The van der Waals surface area contributed by atoms with E-state index in [2.05, 4.69) is 0 Å². The van der Waals surface area contributed by atoms with E-state index in [-0.39, 0.29) is 5.69 Å². The second-order valence-corrected chi connectivity index (χ2v) is 5.05. The molecule has 0 aliphatic carbocycles. The van der Waals surface area contributed by atoms with Crippen LogP contribution in [0.2, 0.25) is 5.02 Å². The number of carbonyl (C=O) groups is 1. The summed E-state index contributed by atoms with van der Waals surface area (Å²) in [6.45, 7) is 0.426. The van der Waals surface area contributed by atoms with Crippen molar-refractivity contribution in [3.63, 3.8) is 0 Å². The summed E-state index contributed by atoms with van der Waals surface area (Å²) in [5.41, 5.74) is 6.85. The summed E-state index contributed by atoms with van der Waals surface area (Å²) in [4.78, 5) is 12.6. The Morgan fingerprint density at radius 2 is 2.05 bits per heavy atom. The molecule has 0 amide bonds. The third kappa shape index (κ3) is 3.25. The molecule has 0 aliphatic rings. The van der Waals surface area contributed by atoms with Crippen LogP contribution >= 0.6 is 11.6 Å². The van der Waals surface area contributed by atoms with Gasteiger partial charge in [0.05, 0.1) is 16.9 Å². The van der Waals surface area contributed by atoms with E-state index in [0.717, 1.165) is 17.7 Å². The lowest BCUT2D eigenvalue weighted by Gasteiger charge is -2.22. The number of aromatic carboxylic acids is 1. The first kappa shape index (κ1) is 15.1.